The summed E-state index contributed by atoms with van der Waals surface area (Å²) in [6.07, 6.45) is 0. The van der Waals surface area contributed by atoms with Gasteiger partial charge in [0.25, 0.3) is 5.91 Å². The van der Waals surface area contributed by atoms with Gasteiger partial charge in [0.05, 0.1) is 0 Å². The first-order valence-corrected chi connectivity index (χ1v) is 8.75. The van der Waals surface area contributed by atoms with Crippen molar-refractivity contribution >= 4 is 23.4 Å². The summed E-state index contributed by atoms with van der Waals surface area (Å²) in [7, 11) is 0. The molecule has 2 aromatic carbocycles. The molecule has 0 saturated carbocycles. The Morgan fingerprint density at radius 2 is 1.60 bits per heavy atom. The molecule has 1 aliphatic heterocycles. The number of piperazine rings is 1. The van der Waals surface area contributed by atoms with E-state index >= 15 is 0 Å². The Morgan fingerprint density at radius 1 is 0.960 bits per heavy atom. The van der Waals surface area contributed by atoms with Gasteiger partial charge in [-0.25, -0.2) is 0 Å². The van der Waals surface area contributed by atoms with E-state index in [0.717, 1.165) is 21.7 Å². The predicted octanol–water partition coefficient (Wildman–Crippen LogP) is 3.62. The van der Waals surface area contributed by atoms with Crippen molar-refractivity contribution < 1.29 is 9.59 Å². The summed E-state index contributed by atoms with van der Waals surface area (Å²) in [6.45, 7) is 5.86. The van der Waals surface area contributed by atoms with E-state index in [-0.39, 0.29) is 11.8 Å². The Bertz CT molecular complexity index is 811. The zero-order valence-electron chi connectivity index (χ0n) is 14.5. The molecule has 1 fully saturated rings. The van der Waals surface area contributed by atoms with Gasteiger partial charge in [-0.2, -0.15) is 0 Å². The third kappa shape index (κ3) is 3.69. The van der Waals surface area contributed by atoms with Crippen molar-refractivity contribution in [2.45, 2.75) is 13.8 Å². The van der Waals surface area contributed by atoms with Gasteiger partial charge in [-0.3, -0.25) is 9.59 Å². The van der Waals surface area contributed by atoms with Gasteiger partial charge in [0.15, 0.2) is 0 Å². The number of hydrogen-bond donors (Lipinski definition) is 0. The summed E-state index contributed by atoms with van der Waals surface area (Å²) in [5.74, 6) is 0.0651. The van der Waals surface area contributed by atoms with Gasteiger partial charge in [-0.05, 0) is 41.8 Å². The summed E-state index contributed by atoms with van der Waals surface area (Å²) in [5.41, 5.74) is 3.67. The third-order valence-electron chi connectivity index (χ3n) is 4.70. The van der Waals surface area contributed by atoms with Crippen LogP contribution in [0.4, 0.5) is 0 Å². The molecule has 0 bridgehead atoms. The lowest BCUT2D eigenvalue weighted by Crippen LogP contribution is -2.50. The van der Waals surface area contributed by atoms with Crippen molar-refractivity contribution in [1.29, 1.82) is 0 Å². The first-order valence-electron chi connectivity index (χ1n) is 8.37. The van der Waals surface area contributed by atoms with Crippen LogP contribution in [-0.2, 0) is 4.79 Å². The summed E-state index contributed by atoms with van der Waals surface area (Å²) in [4.78, 5) is 27.8. The monoisotopic (exact) mass is 356 g/mol. The van der Waals surface area contributed by atoms with E-state index in [1.807, 2.05) is 54.3 Å². The Hall–Kier alpha value is -2.33. The summed E-state index contributed by atoms with van der Waals surface area (Å²) >= 11 is 6.22. The highest BCUT2D eigenvalue weighted by Crippen LogP contribution is 2.29. The van der Waals surface area contributed by atoms with Crippen molar-refractivity contribution in [2.24, 2.45) is 0 Å². The number of halogens is 1. The minimum absolute atomic E-state index is 0.00438. The van der Waals surface area contributed by atoms with Crippen molar-refractivity contribution in [2.75, 3.05) is 26.2 Å². The summed E-state index contributed by atoms with van der Waals surface area (Å²) < 4.78 is 0. The summed E-state index contributed by atoms with van der Waals surface area (Å²) in [6, 6.07) is 13.4. The normalized spacial score (nSPS) is 14.5. The van der Waals surface area contributed by atoms with Gasteiger partial charge in [0, 0.05) is 43.7 Å². The van der Waals surface area contributed by atoms with E-state index in [9.17, 15) is 9.59 Å². The smallest absolute Gasteiger partial charge is 0.253 e. The Labute approximate surface area is 153 Å². The minimum atomic E-state index is 0.00438. The van der Waals surface area contributed by atoms with Crippen LogP contribution in [0.3, 0.4) is 0 Å². The van der Waals surface area contributed by atoms with Crippen LogP contribution in [0, 0.1) is 6.92 Å². The molecule has 1 saturated heterocycles. The van der Waals surface area contributed by atoms with Gasteiger partial charge < -0.3 is 9.80 Å². The van der Waals surface area contributed by atoms with Gasteiger partial charge >= 0.3 is 0 Å². The maximum Gasteiger partial charge on any atom is 0.253 e. The molecule has 0 unspecified atom stereocenters. The lowest BCUT2D eigenvalue weighted by atomic mass is 9.98. The maximum atomic E-state index is 12.8. The fourth-order valence-corrected chi connectivity index (χ4v) is 3.32. The predicted molar refractivity (Wildman–Crippen MR) is 99.8 cm³/mol. The second-order valence-corrected chi connectivity index (χ2v) is 6.70. The molecular formula is C20H21ClN2O2. The van der Waals surface area contributed by atoms with Crippen LogP contribution in [0.25, 0.3) is 11.1 Å². The molecule has 0 aromatic heterocycles. The second-order valence-electron chi connectivity index (χ2n) is 6.29. The molecule has 2 aromatic rings. The van der Waals surface area contributed by atoms with Gasteiger partial charge in [-0.1, -0.05) is 35.9 Å². The van der Waals surface area contributed by atoms with E-state index in [0.29, 0.717) is 31.7 Å². The van der Waals surface area contributed by atoms with Crippen LogP contribution in [0.2, 0.25) is 5.02 Å². The molecular weight excluding hydrogens is 336 g/mol. The van der Waals surface area contributed by atoms with Crippen molar-refractivity contribution in [3.05, 3.63) is 58.6 Å². The van der Waals surface area contributed by atoms with E-state index in [1.165, 1.54) is 0 Å². The molecule has 3 rings (SSSR count). The van der Waals surface area contributed by atoms with Crippen molar-refractivity contribution in [3.8, 4) is 11.1 Å². The number of carbonyl (C=O) groups is 2. The second kappa shape index (κ2) is 7.28. The zero-order valence-corrected chi connectivity index (χ0v) is 15.2. The van der Waals surface area contributed by atoms with E-state index in [2.05, 4.69) is 0 Å². The molecule has 130 valence electrons. The largest absolute Gasteiger partial charge is 0.339 e. The van der Waals surface area contributed by atoms with E-state index in [4.69, 9.17) is 11.6 Å². The van der Waals surface area contributed by atoms with Crippen LogP contribution in [-0.4, -0.2) is 47.8 Å². The highest BCUT2D eigenvalue weighted by atomic mass is 35.5. The molecule has 0 atom stereocenters. The van der Waals surface area contributed by atoms with Crippen LogP contribution < -0.4 is 0 Å². The molecule has 0 radical (unpaired) electrons. The average molecular weight is 357 g/mol. The van der Waals surface area contributed by atoms with Gasteiger partial charge in [-0.15, -0.1) is 0 Å². The fraction of sp³-hybridized carbons (Fsp3) is 0.300. The third-order valence-corrected chi connectivity index (χ3v) is 5.11. The number of amides is 2. The number of rotatable bonds is 2. The highest BCUT2D eigenvalue weighted by Gasteiger charge is 2.23. The number of hydrogen-bond acceptors (Lipinski definition) is 2. The molecule has 2 amide bonds. The summed E-state index contributed by atoms with van der Waals surface area (Å²) in [5, 5.41) is 0.717. The Balaban J connectivity index is 1.81. The topological polar surface area (TPSA) is 40.6 Å². The first kappa shape index (κ1) is 17.5. The highest BCUT2D eigenvalue weighted by molar-refractivity contribution is 6.31. The standard InChI is InChI=1S/C20H21ClN2O2/c1-14-18(7-4-8-19(14)21)16-5-3-6-17(13-16)20(25)23-11-9-22(10-12-23)15(2)24/h3-8,13H,9-12H2,1-2H3. The molecule has 25 heavy (non-hydrogen) atoms. The van der Waals surface area contributed by atoms with E-state index in [1.54, 1.807) is 11.8 Å². The van der Waals surface area contributed by atoms with Crippen molar-refractivity contribution in [1.82, 2.24) is 9.80 Å². The molecule has 0 aliphatic carbocycles. The number of nitrogens with zero attached hydrogens (tertiary/aromatic N) is 2. The zero-order chi connectivity index (χ0) is 18.0. The Kier molecular flexibility index (Phi) is 5.09. The first-order chi connectivity index (χ1) is 12.0. The van der Waals surface area contributed by atoms with Crippen LogP contribution >= 0.6 is 11.6 Å². The molecule has 0 N–H and O–H groups in total. The molecule has 4 nitrogen and oxygen atoms in total. The average Bonchev–Trinajstić information content (AvgIpc) is 2.63. The van der Waals surface area contributed by atoms with Crippen molar-refractivity contribution in [3.63, 3.8) is 0 Å². The molecule has 1 aliphatic rings. The van der Waals surface area contributed by atoms with Gasteiger partial charge in [0.2, 0.25) is 5.91 Å². The Morgan fingerprint density at radius 3 is 2.28 bits per heavy atom. The quantitative estimate of drug-likeness (QED) is 0.824. The van der Waals surface area contributed by atoms with Gasteiger partial charge in [0.1, 0.15) is 0 Å². The van der Waals surface area contributed by atoms with E-state index < -0.39 is 0 Å². The SMILES string of the molecule is CC(=O)N1CCN(C(=O)c2cccc(-c3cccc(Cl)c3C)c2)CC1. The molecule has 1 heterocycles. The lowest BCUT2D eigenvalue weighted by Gasteiger charge is -2.34. The molecule has 0 spiro atoms. The fourth-order valence-electron chi connectivity index (χ4n) is 3.15. The molecule has 5 heteroatoms. The van der Waals surface area contributed by atoms with Crippen LogP contribution in [0.1, 0.15) is 22.8 Å². The number of carbonyl (C=O) groups excluding carboxylic acids is 2. The van der Waals surface area contributed by atoms with Crippen LogP contribution in [0.15, 0.2) is 42.5 Å². The minimum Gasteiger partial charge on any atom is -0.339 e. The number of benzene rings is 2. The lowest BCUT2D eigenvalue weighted by molar-refractivity contribution is -0.130. The maximum absolute atomic E-state index is 12.8. The van der Waals surface area contributed by atoms with Crippen LogP contribution in [0.5, 0.6) is 0 Å².